The molecule has 1 atom stereocenters. The summed E-state index contributed by atoms with van der Waals surface area (Å²) in [6.07, 6.45) is 1.55. The first-order valence-corrected chi connectivity index (χ1v) is 16.4. The van der Waals surface area contributed by atoms with Crippen LogP contribution in [0.15, 0.2) is 170 Å². The molecule has 3 heterocycles. The number of anilines is 6. The summed E-state index contributed by atoms with van der Waals surface area (Å²) < 4.78 is 2.34. The van der Waals surface area contributed by atoms with E-state index in [9.17, 15) is 0 Å². The lowest BCUT2D eigenvalue weighted by molar-refractivity contribution is 0.820. The fourth-order valence-corrected chi connectivity index (χ4v) is 7.16. The minimum absolute atomic E-state index is 0.225. The van der Waals surface area contributed by atoms with E-state index in [4.69, 9.17) is 16.6 Å². The third kappa shape index (κ3) is 4.67. The van der Waals surface area contributed by atoms with E-state index < -0.39 is 0 Å². The average molecular weight is 640 g/mol. The van der Waals surface area contributed by atoms with E-state index in [-0.39, 0.29) is 6.17 Å². The molecule has 1 aliphatic rings. The highest BCUT2D eigenvalue weighted by Gasteiger charge is 2.34. The Balaban J connectivity index is 1.15. The molecule has 0 aliphatic carbocycles. The van der Waals surface area contributed by atoms with Gasteiger partial charge in [-0.05, 0) is 78.4 Å². The van der Waals surface area contributed by atoms with Crippen molar-refractivity contribution in [2.45, 2.75) is 6.17 Å². The van der Waals surface area contributed by atoms with Crippen LogP contribution in [0.2, 0.25) is 5.02 Å². The number of hydrogen-bond donors (Lipinski definition) is 1. The molecule has 2 aromatic heterocycles. The van der Waals surface area contributed by atoms with Crippen LogP contribution >= 0.6 is 11.6 Å². The van der Waals surface area contributed by atoms with E-state index in [1.807, 2.05) is 18.2 Å². The maximum Gasteiger partial charge on any atom is 0.160 e. The van der Waals surface area contributed by atoms with Crippen molar-refractivity contribution in [3.8, 4) is 5.69 Å². The maximum absolute atomic E-state index is 6.78. The molecule has 0 fully saturated rings. The molecule has 0 amide bonds. The summed E-state index contributed by atoms with van der Waals surface area (Å²) in [7, 11) is 0. The number of benzene rings is 6. The first-order chi connectivity index (χ1) is 23.7. The Morgan fingerprint density at radius 3 is 1.77 bits per heavy atom. The zero-order valence-corrected chi connectivity index (χ0v) is 26.7. The van der Waals surface area contributed by atoms with Gasteiger partial charge in [-0.2, -0.15) is 0 Å². The molecule has 6 heteroatoms. The summed E-state index contributed by atoms with van der Waals surface area (Å²) in [6, 6.07) is 57.3. The van der Waals surface area contributed by atoms with E-state index >= 15 is 0 Å². The van der Waals surface area contributed by atoms with Crippen molar-refractivity contribution in [2.24, 2.45) is 0 Å². The van der Waals surface area contributed by atoms with Gasteiger partial charge in [-0.15, -0.1) is 0 Å². The average Bonchev–Trinajstić information content (AvgIpc) is 3.71. The van der Waals surface area contributed by atoms with Crippen LogP contribution in [0.4, 0.5) is 34.3 Å². The van der Waals surface area contributed by atoms with E-state index in [1.54, 1.807) is 6.20 Å². The third-order valence-electron chi connectivity index (χ3n) is 9.09. The Hall–Kier alpha value is -6.04. The van der Waals surface area contributed by atoms with Crippen LogP contribution in [0.1, 0.15) is 11.7 Å². The minimum atomic E-state index is -0.225. The normalized spacial score (nSPS) is 13.9. The monoisotopic (exact) mass is 639 g/mol. The van der Waals surface area contributed by atoms with Gasteiger partial charge in [0.1, 0.15) is 6.17 Å². The summed E-state index contributed by atoms with van der Waals surface area (Å²) in [5.74, 6) is 0.797. The number of para-hydroxylation sites is 4. The van der Waals surface area contributed by atoms with Gasteiger partial charge in [0.25, 0.3) is 0 Å². The SMILES string of the molecule is Clc1ccnc2c1NC(c1ccc(N(c3ccccc3)c3ccccc3)cc1)N2c1cccc(-n2c3ccccc3c3ccccc32)c1. The second-order valence-corrected chi connectivity index (χ2v) is 12.3. The van der Waals surface area contributed by atoms with Gasteiger partial charge in [-0.1, -0.05) is 103 Å². The van der Waals surface area contributed by atoms with E-state index in [2.05, 4.69) is 165 Å². The van der Waals surface area contributed by atoms with Crippen molar-refractivity contribution >= 4 is 67.7 Å². The third-order valence-corrected chi connectivity index (χ3v) is 9.40. The topological polar surface area (TPSA) is 36.3 Å². The number of hydrogen-bond acceptors (Lipinski definition) is 4. The van der Waals surface area contributed by atoms with Crippen molar-refractivity contribution in [3.05, 3.63) is 181 Å². The highest BCUT2D eigenvalue weighted by atomic mass is 35.5. The van der Waals surface area contributed by atoms with Crippen molar-refractivity contribution in [1.82, 2.24) is 9.55 Å². The van der Waals surface area contributed by atoms with E-state index in [1.165, 1.54) is 21.8 Å². The Morgan fingerprint density at radius 1 is 0.562 bits per heavy atom. The van der Waals surface area contributed by atoms with E-state index in [0.717, 1.165) is 45.5 Å². The molecular formula is C42H30ClN5. The number of fused-ring (bicyclic) bond motifs is 4. The first-order valence-electron chi connectivity index (χ1n) is 16.0. The van der Waals surface area contributed by atoms with Crippen molar-refractivity contribution < 1.29 is 0 Å². The zero-order valence-electron chi connectivity index (χ0n) is 25.9. The standard InChI is InChI=1S/C42H30ClN5/c43-37-26-27-44-42-40(37)45-41(29-22-24-32(25-23-29)46(30-12-3-1-4-13-30)31-14-5-2-6-15-31)48(42)34-17-11-16-33(28-34)47-38-20-9-7-18-35(38)36-19-8-10-21-39(36)47/h1-28,41,45H. The van der Waals surface area contributed by atoms with Gasteiger partial charge >= 0.3 is 0 Å². The zero-order chi connectivity index (χ0) is 32.0. The van der Waals surface area contributed by atoms with Crippen LogP contribution in [-0.2, 0) is 0 Å². The number of nitrogens with zero attached hydrogens (tertiary/aromatic N) is 4. The van der Waals surface area contributed by atoms with Crippen LogP contribution in [0.5, 0.6) is 0 Å². The number of pyridine rings is 1. The van der Waals surface area contributed by atoms with Gasteiger partial charge in [-0.3, -0.25) is 4.90 Å². The molecule has 0 saturated heterocycles. The lowest BCUT2D eigenvalue weighted by atomic mass is 10.1. The smallest absolute Gasteiger partial charge is 0.160 e. The van der Waals surface area contributed by atoms with Crippen molar-refractivity contribution in [1.29, 1.82) is 0 Å². The molecule has 1 unspecified atom stereocenters. The first kappa shape index (κ1) is 28.2. The largest absolute Gasteiger partial charge is 0.357 e. The lowest BCUT2D eigenvalue weighted by Gasteiger charge is -2.28. The van der Waals surface area contributed by atoms with Crippen LogP contribution in [0.3, 0.4) is 0 Å². The molecule has 48 heavy (non-hydrogen) atoms. The summed E-state index contributed by atoms with van der Waals surface area (Å²) >= 11 is 6.78. The number of aromatic nitrogens is 2. The number of halogens is 1. The highest BCUT2D eigenvalue weighted by Crippen LogP contribution is 2.48. The van der Waals surface area contributed by atoms with Crippen LogP contribution < -0.4 is 15.1 Å². The lowest BCUT2D eigenvalue weighted by Crippen LogP contribution is -2.24. The predicted molar refractivity (Wildman–Crippen MR) is 200 cm³/mol. The molecule has 0 bridgehead atoms. The Bertz CT molecular complexity index is 2310. The van der Waals surface area contributed by atoms with Gasteiger partial charge in [0.15, 0.2) is 5.82 Å². The molecule has 0 spiro atoms. The van der Waals surface area contributed by atoms with Gasteiger partial charge in [0.2, 0.25) is 0 Å². The van der Waals surface area contributed by atoms with Crippen LogP contribution in [0, 0.1) is 0 Å². The molecular weight excluding hydrogens is 610 g/mol. The van der Waals surface area contributed by atoms with Gasteiger partial charge in [0.05, 0.1) is 21.7 Å². The fraction of sp³-hybridized carbons (Fsp3) is 0.0238. The quantitative estimate of drug-likeness (QED) is 0.196. The predicted octanol–water partition coefficient (Wildman–Crippen LogP) is 11.6. The number of nitrogens with one attached hydrogen (secondary N) is 1. The second kappa shape index (κ2) is 11.6. The summed E-state index contributed by atoms with van der Waals surface area (Å²) in [5.41, 5.74) is 9.63. The number of rotatable bonds is 6. The van der Waals surface area contributed by atoms with Gasteiger partial charge < -0.3 is 14.8 Å². The molecule has 1 N–H and O–H groups in total. The minimum Gasteiger partial charge on any atom is -0.357 e. The molecule has 5 nitrogen and oxygen atoms in total. The maximum atomic E-state index is 6.78. The molecule has 1 aliphatic heterocycles. The summed E-state index contributed by atoms with van der Waals surface area (Å²) in [5, 5.41) is 6.81. The molecule has 9 rings (SSSR count). The highest BCUT2D eigenvalue weighted by molar-refractivity contribution is 6.34. The fourth-order valence-electron chi connectivity index (χ4n) is 6.96. The van der Waals surface area contributed by atoms with Crippen molar-refractivity contribution in [2.75, 3.05) is 15.1 Å². The Morgan fingerprint density at radius 2 is 1.12 bits per heavy atom. The molecule has 230 valence electrons. The summed E-state index contributed by atoms with van der Waals surface area (Å²) in [4.78, 5) is 9.35. The van der Waals surface area contributed by atoms with Gasteiger partial charge in [-0.25, -0.2) is 4.98 Å². The Kier molecular flexibility index (Phi) is 6.84. The van der Waals surface area contributed by atoms with Gasteiger partial charge in [0, 0.05) is 45.4 Å². The van der Waals surface area contributed by atoms with E-state index in [0.29, 0.717) is 5.02 Å². The molecule has 6 aromatic carbocycles. The Labute approximate surface area is 283 Å². The summed E-state index contributed by atoms with van der Waals surface area (Å²) in [6.45, 7) is 0. The van der Waals surface area contributed by atoms with Crippen molar-refractivity contribution in [3.63, 3.8) is 0 Å². The second-order valence-electron chi connectivity index (χ2n) is 11.9. The molecule has 8 aromatic rings. The molecule has 0 saturated carbocycles. The van der Waals surface area contributed by atoms with Crippen LogP contribution in [0.25, 0.3) is 27.5 Å². The van der Waals surface area contributed by atoms with Crippen LogP contribution in [-0.4, -0.2) is 9.55 Å². The molecule has 0 radical (unpaired) electrons.